The molecule has 3 amide bonds. The maximum Gasteiger partial charge on any atom is 0.339 e. The first-order valence-electron chi connectivity index (χ1n) is 12.8. The van der Waals surface area contributed by atoms with Gasteiger partial charge < -0.3 is 19.5 Å². The molecule has 0 aromatic heterocycles. The summed E-state index contributed by atoms with van der Waals surface area (Å²) in [5, 5.41) is 2.79. The van der Waals surface area contributed by atoms with Crippen molar-refractivity contribution in [2.24, 2.45) is 0 Å². The van der Waals surface area contributed by atoms with Gasteiger partial charge in [0.1, 0.15) is 13.2 Å². The summed E-state index contributed by atoms with van der Waals surface area (Å²) in [4.78, 5) is 51.4. The molecule has 42 heavy (non-hydrogen) atoms. The van der Waals surface area contributed by atoms with Crippen LogP contribution < -0.4 is 14.8 Å². The van der Waals surface area contributed by atoms with Gasteiger partial charge in [0.2, 0.25) is 5.91 Å². The highest BCUT2D eigenvalue weighted by Crippen LogP contribution is 2.35. The standard InChI is InChI=1S/C30H26Cl2N2O7S/c1-3-39-25-13-19(7-12-24(25)41-17-18-5-8-20(31)9-6-18)14-26-28(36)34(30(38)42-26)16-27(35)33-21-10-11-23(32)22(15-21)29(37)40-4-2/h5-15H,3-4,16-17H2,1-2H3,(H,33,35)/b26-14+. The summed E-state index contributed by atoms with van der Waals surface area (Å²) in [5.74, 6) is -0.879. The molecule has 0 unspecified atom stereocenters. The number of rotatable bonds is 11. The van der Waals surface area contributed by atoms with E-state index in [9.17, 15) is 19.2 Å². The Kier molecular flexibility index (Phi) is 10.5. The topological polar surface area (TPSA) is 111 Å². The first kappa shape index (κ1) is 31.0. The van der Waals surface area contributed by atoms with Crippen molar-refractivity contribution in [1.29, 1.82) is 0 Å². The van der Waals surface area contributed by atoms with Gasteiger partial charge >= 0.3 is 5.97 Å². The Morgan fingerprint density at radius 2 is 1.69 bits per heavy atom. The predicted molar refractivity (Wildman–Crippen MR) is 162 cm³/mol. The van der Waals surface area contributed by atoms with E-state index in [0.717, 1.165) is 22.2 Å². The molecule has 0 spiro atoms. The number of carbonyl (C=O) groups excluding carboxylic acids is 4. The van der Waals surface area contributed by atoms with E-state index in [1.54, 1.807) is 43.3 Å². The molecule has 1 N–H and O–H groups in total. The van der Waals surface area contributed by atoms with Crippen molar-refractivity contribution in [3.8, 4) is 11.5 Å². The van der Waals surface area contributed by atoms with Gasteiger partial charge in [-0.1, -0.05) is 41.4 Å². The van der Waals surface area contributed by atoms with Crippen molar-refractivity contribution < 1.29 is 33.4 Å². The Bertz CT molecular complexity index is 1540. The van der Waals surface area contributed by atoms with Crippen LogP contribution in [0, 0.1) is 0 Å². The van der Waals surface area contributed by atoms with E-state index >= 15 is 0 Å². The number of amides is 3. The number of anilines is 1. The van der Waals surface area contributed by atoms with Crippen LogP contribution >= 0.6 is 35.0 Å². The Hall–Kier alpha value is -3.99. The molecule has 1 heterocycles. The number of nitrogens with zero attached hydrogens (tertiary/aromatic N) is 1. The molecule has 3 aromatic carbocycles. The minimum atomic E-state index is -0.636. The predicted octanol–water partition coefficient (Wildman–Crippen LogP) is 6.82. The van der Waals surface area contributed by atoms with E-state index in [-0.39, 0.29) is 27.8 Å². The molecule has 4 rings (SSSR count). The lowest BCUT2D eigenvalue weighted by molar-refractivity contribution is -0.127. The van der Waals surface area contributed by atoms with Crippen molar-refractivity contribution in [3.63, 3.8) is 0 Å². The molecule has 218 valence electrons. The quantitative estimate of drug-likeness (QED) is 0.182. The maximum absolute atomic E-state index is 13.0. The van der Waals surface area contributed by atoms with Crippen LogP contribution in [0.1, 0.15) is 35.3 Å². The van der Waals surface area contributed by atoms with Gasteiger partial charge in [-0.05, 0) is 85.3 Å². The lowest BCUT2D eigenvalue weighted by atomic mass is 10.1. The molecule has 0 radical (unpaired) electrons. The molecule has 1 aliphatic heterocycles. The first-order valence-corrected chi connectivity index (χ1v) is 14.4. The van der Waals surface area contributed by atoms with E-state index in [0.29, 0.717) is 35.3 Å². The number of esters is 1. The third-order valence-corrected chi connectivity index (χ3v) is 7.28. The fourth-order valence-corrected chi connectivity index (χ4v) is 5.00. The second kappa shape index (κ2) is 14.3. The SMILES string of the molecule is CCOC(=O)c1cc(NC(=O)CN2C(=O)S/C(=C/c3ccc(OCc4ccc(Cl)cc4)c(OCC)c3)C2=O)ccc1Cl. The van der Waals surface area contributed by atoms with Crippen molar-refractivity contribution in [3.05, 3.63) is 92.3 Å². The summed E-state index contributed by atoms with van der Waals surface area (Å²) in [6.07, 6.45) is 1.55. The number of nitrogens with one attached hydrogen (secondary N) is 1. The number of benzene rings is 3. The Balaban J connectivity index is 1.43. The second-order valence-electron chi connectivity index (χ2n) is 8.79. The highest BCUT2D eigenvalue weighted by Gasteiger charge is 2.36. The normalized spacial score (nSPS) is 13.8. The number of carbonyl (C=O) groups is 4. The molecule has 1 saturated heterocycles. The molecule has 0 bridgehead atoms. The Morgan fingerprint density at radius 1 is 0.929 bits per heavy atom. The number of hydrogen-bond acceptors (Lipinski definition) is 8. The van der Waals surface area contributed by atoms with Gasteiger partial charge in [0, 0.05) is 10.7 Å². The van der Waals surface area contributed by atoms with Crippen molar-refractivity contribution >= 4 is 69.8 Å². The molecule has 1 aliphatic rings. The number of ether oxygens (including phenoxy) is 3. The minimum Gasteiger partial charge on any atom is -0.490 e. The van der Waals surface area contributed by atoms with Gasteiger partial charge in [0.15, 0.2) is 11.5 Å². The summed E-state index contributed by atoms with van der Waals surface area (Å²) in [6, 6.07) is 16.8. The summed E-state index contributed by atoms with van der Waals surface area (Å²) in [6.45, 7) is 3.84. The first-order chi connectivity index (χ1) is 20.2. The van der Waals surface area contributed by atoms with E-state index in [4.69, 9.17) is 37.4 Å². The van der Waals surface area contributed by atoms with Crippen molar-refractivity contribution in [2.45, 2.75) is 20.5 Å². The average molecular weight is 630 g/mol. The van der Waals surface area contributed by atoms with Gasteiger partial charge in [-0.3, -0.25) is 19.3 Å². The largest absolute Gasteiger partial charge is 0.490 e. The molecule has 12 heteroatoms. The van der Waals surface area contributed by atoms with Gasteiger partial charge in [-0.2, -0.15) is 0 Å². The van der Waals surface area contributed by atoms with Crippen LogP contribution in [0.25, 0.3) is 6.08 Å². The summed E-state index contributed by atoms with van der Waals surface area (Å²) < 4.78 is 16.6. The number of thioether (sulfide) groups is 1. The van der Waals surface area contributed by atoms with E-state index in [1.165, 1.54) is 18.2 Å². The van der Waals surface area contributed by atoms with Gasteiger partial charge in [-0.25, -0.2) is 4.79 Å². The van der Waals surface area contributed by atoms with Gasteiger partial charge in [-0.15, -0.1) is 0 Å². The highest BCUT2D eigenvalue weighted by atomic mass is 35.5. The monoisotopic (exact) mass is 628 g/mol. The fraction of sp³-hybridized carbons (Fsp3) is 0.200. The van der Waals surface area contributed by atoms with Gasteiger partial charge in [0.25, 0.3) is 11.1 Å². The average Bonchev–Trinajstić information content (AvgIpc) is 3.22. The van der Waals surface area contributed by atoms with Gasteiger partial charge in [0.05, 0.1) is 28.7 Å². The van der Waals surface area contributed by atoms with E-state index < -0.39 is 29.6 Å². The number of hydrogen-bond donors (Lipinski definition) is 1. The molecular weight excluding hydrogens is 603 g/mol. The molecule has 9 nitrogen and oxygen atoms in total. The lowest BCUT2D eigenvalue weighted by Crippen LogP contribution is -2.36. The second-order valence-corrected chi connectivity index (χ2v) is 10.6. The van der Waals surface area contributed by atoms with E-state index in [2.05, 4.69) is 5.32 Å². The zero-order valence-corrected chi connectivity index (χ0v) is 25.0. The molecule has 3 aromatic rings. The molecular formula is C30H26Cl2N2O7S. The third-order valence-electron chi connectivity index (χ3n) is 5.79. The van der Waals surface area contributed by atoms with Crippen LogP contribution in [0.15, 0.2) is 65.6 Å². The van der Waals surface area contributed by atoms with Crippen molar-refractivity contribution in [1.82, 2.24) is 4.90 Å². The van der Waals surface area contributed by atoms with Crippen LogP contribution in [-0.2, 0) is 20.9 Å². The zero-order chi connectivity index (χ0) is 30.2. The minimum absolute atomic E-state index is 0.0817. The zero-order valence-electron chi connectivity index (χ0n) is 22.6. The van der Waals surface area contributed by atoms with Crippen LogP contribution in [0.2, 0.25) is 10.0 Å². The summed E-state index contributed by atoms with van der Waals surface area (Å²) in [5.41, 5.74) is 1.88. The van der Waals surface area contributed by atoms with Crippen LogP contribution in [0.3, 0.4) is 0 Å². The third kappa shape index (κ3) is 7.84. The number of halogens is 2. The smallest absolute Gasteiger partial charge is 0.339 e. The molecule has 0 atom stereocenters. The van der Waals surface area contributed by atoms with Crippen LogP contribution in [0.5, 0.6) is 11.5 Å². The fourth-order valence-electron chi connectivity index (χ4n) is 3.84. The van der Waals surface area contributed by atoms with Crippen molar-refractivity contribution in [2.75, 3.05) is 25.1 Å². The Morgan fingerprint density at radius 3 is 2.40 bits per heavy atom. The molecule has 1 fully saturated rings. The van der Waals surface area contributed by atoms with E-state index in [1.807, 2.05) is 19.1 Å². The molecule has 0 saturated carbocycles. The maximum atomic E-state index is 13.0. The van der Waals surface area contributed by atoms with Crippen LogP contribution in [-0.4, -0.2) is 47.7 Å². The summed E-state index contributed by atoms with van der Waals surface area (Å²) in [7, 11) is 0. The summed E-state index contributed by atoms with van der Waals surface area (Å²) >= 11 is 12.7. The lowest BCUT2D eigenvalue weighted by Gasteiger charge is -2.14. The molecule has 0 aliphatic carbocycles. The Labute approximate surface area is 256 Å². The highest BCUT2D eigenvalue weighted by molar-refractivity contribution is 8.18. The van der Waals surface area contributed by atoms with Crippen LogP contribution in [0.4, 0.5) is 10.5 Å². The number of imide groups is 1.